The van der Waals surface area contributed by atoms with Crippen molar-refractivity contribution in [3.63, 3.8) is 0 Å². The number of rotatable bonds is 4. The van der Waals surface area contributed by atoms with Crippen LogP contribution in [0.3, 0.4) is 0 Å². The van der Waals surface area contributed by atoms with E-state index in [-0.39, 0.29) is 23.7 Å². The predicted octanol–water partition coefficient (Wildman–Crippen LogP) is 2.69. The molecule has 2 heterocycles. The Morgan fingerprint density at radius 1 is 1.12 bits per heavy atom. The summed E-state index contributed by atoms with van der Waals surface area (Å²) in [6.07, 6.45) is 12.2. The Bertz CT molecular complexity index is 791. The molecule has 0 spiro atoms. The number of carbonyl (C=O) groups is 2. The van der Waals surface area contributed by atoms with Gasteiger partial charge in [-0.2, -0.15) is 0 Å². The molecule has 0 saturated heterocycles. The Kier molecular flexibility index (Phi) is 3.81. The lowest BCUT2D eigenvalue weighted by Crippen LogP contribution is -2.50. The van der Waals surface area contributed by atoms with Crippen molar-refractivity contribution >= 4 is 28.1 Å². The van der Waals surface area contributed by atoms with E-state index in [1.54, 1.807) is 0 Å². The highest BCUT2D eigenvalue weighted by atomic mass is 32.1. The Morgan fingerprint density at radius 3 is 2.42 bits per heavy atom. The Hall–Kier alpha value is -1.89. The predicted molar refractivity (Wildman–Crippen MR) is 98.3 cm³/mol. The lowest BCUT2D eigenvalue weighted by atomic mass is 9.49. The van der Waals surface area contributed by atoms with Gasteiger partial charge >= 0.3 is 0 Å². The first kappa shape index (κ1) is 16.3. The van der Waals surface area contributed by atoms with Crippen LogP contribution in [0.5, 0.6) is 0 Å². The Morgan fingerprint density at radius 2 is 1.77 bits per heavy atom. The van der Waals surface area contributed by atoms with Crippen molar-refractivity contribution in [3.05, 3.63) is 23.5 Å². The molecule has 4 bridgehead atoms. The van der Waals surface area contributed by atoms with Gasteiger partial charge in [0.05, 0.1) is 12.1 Å². The second-order valence-electron chi connectivity index (χ2n) is 8.69. The van der Waals surface area contributed by atoms with Gasteiger partial charge in [-0.3, -0.25) is 24.8 Å². The molecule has 6 rings (SSSR count). The van der Waals surface area contributed by atoms with Crippen LogP contribution in [0.2, 0.25) is 0 Å². The third-order valence-electron chi connectivity index (χ3n) is 6.53. The SMILES string of the molecule is O=C(Cc1cn2ccsc2n1)NNC(=O)CC12CC3CC(CC(C3)C1)C2. The second-order valence-corrected chi connectivity index (χ2v) is 9.57. The molecule has 0 aromatic carbocycles. The fourth-order valence-electron chi connectivity index (χ4n) is 6.10. The van der Waals surface area contributed by atoms with Crippen molar-refractivity contribution in [1.29, 1.82) is 0 Å². The van der Waals surface area contributed by atoms with Crippen LogP contribution in [-0.4, -0.2) is 21.2 Å². The van der Waals surface area contributed by atoms with Gasteiger partial charge in [0.25, 0.3) is 0 Å². The van der Waals surface area contributed by atoms with Crippen LogP contribution in [0.15, 0.2) is 17.8 Å². The molecule has 138 valence electrons. The summed E-state index contributed by atoms with van der Waals surface area (Å²) in [4.78, 5) is 29.8. The third kappa shape index (κ3) is 3.02. The molecule has 0 atom stereocenters. The quantitative estimate of drug-likeness (QED) is 0.810. The average molecular weight is 372 g/mol. The summed E-state index contributed by atoms with van der Waals surface area (Å²) in [5, 5.41) is 1.96. The maximum absolute atomic E-state index is 12.4. The molecule has 2 amide bonds. The van der Waals surface area contributed by atoms with Crippen molar-refractivity contribution in [2.24, 2.45) is 23.2 Å². The molecule has 4 aliphatic carbocycles. The van der Waals surface area contributed by atoms with Gasteiger partial charge in [0.2, 0.25) is 11.8 Å². The molecule has 4 fully saturated rings. The molecule has 26 heavy (non-hydrogen) atoms. The summed E-state index contributed by atoms with van der Waals surface area (Å²) in [7, 11) is 0. The fourth-order valence-corrected chi connectivity index (χ4v) is 6.82. The second kappa shape index (κ2) is 6.08. The highest BCUT2D eigenvalue weighted by molar-refractivity contribution is 7.15. The van der Waals surface area contributed by atoms with Crippen LogP contribution in [-0.2, 0) is 16.0 Å². The summed E-state index contributed by atoms with van der Waals surface area (Å²) in [5.41, 5.74) is 6.11. The van der Waals surface area contributed by atoms with E-state index in [9.17, 15) is 9.59 Å². The molecule has 2 aromatic heterocycles. The number of imidazole rings is 1. The van der Waals surface area contributed by atoms with E-state index >= 15 is 0 Å². The zero-order valence-corrected chi connectivity index (χ0v) is 15.6. The van der Waals surface area contributed by atoms with Crippen LogP contribution in [0.4, 0.5) is 0 Å². The van der Waals surface area contributed by atoms with Gasteiger partial charge in [0, 0.05) is 24.2 Å². The van der Waals surface area contributed by atoms with E-state index in [0.29, 0.717) is 12.1 Å². The first-order chi connectivity index (χ1) is 12.6. The van der Waals surface area contributed by atoms with Gasteiger partial charge < -0.3 is 0 Å². The first-order valence-electron chi connectivity index (χ1n) is 9.56. The standard InChI is InChI=1S/C19H24N4O2S/c24-16(6-15-11-23-1-2-26-18(23)20-15)21-22-17(25)10-19-7-12-3-13(8-19)5-14(4-12)9-19/h1-2,11-14H,3-10H2,(H,21,24)(H,22,25). The molecular formula is C19H24N4O2S. The van der Waals surface area contributed by atoms with Crippen LogP contribution >= 0.6 is 11.3 Å². The van der Waals surface area contributed by atoms with Gasteiger partial charge in [0.15, 0.2) is 4.96 Å². The Labute approximate surface area is 156 Å². The minimum absolute atomic E-state index is 0.0499. The van der Waals surface area contributed by atoms with Crippen LogP contribution in [0.25, 0.3) is 4.96 Å². The maximum atomic E-state index is 12.4. The number of hydrogen-bond donors (Lipinski definition) is 2. The zero-order chi connectivity index (χ0) is 17.7. The summed E-state index contributed by atoms with van der Waals surface area (Å²) >= 11 is 1.53. The van der Waals surface area contributed by atoms with Gasteiger partial charge in [-0.15, -0.1) is 11.3 Å². The maximum Gasteiger partial charge on any atom is 0.244 e. The molecule has 0 unspecified atom stereocenters. The number of carbonyl (C=O) groups excluding carboxylic acids is 2. The summed E-state index contributed by atoms with van der Waals surface area (Å²) in [5.74, 6) is 2.22. The number of hydrazine groups is 1. The normalized spacial score (nSPS) is 32.1. The number of amides is 2. The number of fused-ring (bicyclic) bond motifs is 1. The number of aromatic nitrogens is 2. The topological polar surface area (TPSA) is 75.5 Å². The molecule has 4 saturated carbocycles. The lowest BCUT2D eigenvalue weighted by Gasteiger charge is -2.56. The van der Waals surface area contributed by atoms with Crippen LogP contribution in [0.1, 0.15) is 50.6 Å². The minimum Gasteiger partial charge on any atom is -0.297 e. The molecule has 0 radical (unpaired) electrons. The van der Waals surface area contributed by atoms with Gasteiger partial charge in [-0.1, -0.05) is 0 Å². The lowest BCUT2D eigenvalue weighted by molar-refractivity contribution is -0.134. The summed E-state index contributed by atoms with van der Waals surface area (Å²) < 4.78 is 1.90. The summed E-state index contributed by atoms with van der Waals surface area (Å²) in [6, 6.07) is 0. The molecule has 6 nitrogen and oxygen atoms in total. The van der Waals surface area contributed by atoms with E-state index in [2.05, 4.69) is 15.8 Å². The van der Waals surface area contributed by atoms with E-state index in [0.717, 1.165) is 22.7 Å². The van der Waals surface area contributed by atoms with Crippen molar-refractivity contribution in [3.8, 4) is 0 Å². The molecule has 0 aliphatic heterocycles. The van der Waals surface area contributed by atoms with Crippen molar-refractivity contribution in [2.45, 2.75) is 51.4 Å². The van der Waals surface area contributed by atoms with E-state index in [4.69, 9.17) is 0 Å². The molecule has 2 aromatic rings. The molecule has 7 heteroatoms. The number of hydrogen-bond acceptors (Lipinski definition) is 4. The average Bonchev–Trinajstić information content (AvgIpc) is 3.12. The zero-order valence-electron chi connectivity index (χ0n) is 14.7. The largest absolute Gasteiger partial charge is 0.297 e. The molecule has 4 aliphatic rings. The Balaban J connectivity index is 1.14. The third-order valence-corrected chi connectivity index (χ3v) is 7.30. The van der Waals surface area contributed by atoms with E-state index in [1.165, 1.54) is 49.9 Å². The van der Waals surface area contributed by atoms with Gasteiger partial charge in [-0.25, -0.2) is 4.98 Å². The van der Waals surface area contributed by atoms with Gasteiger partial charge in [-0.05, 0) is 61.7 Å². The van der Waals surface area contributed by atoms with E-state index in [1.807, 2.05) is 22.2 Å². The fraction of sp³-hybridized carbons (Fsp3) is 0.632. The number of nitrogens with zero attached hydrogens (tertiary/aromatic N) is 2. The molecular weight excluding hydrogens is 348 g/mol. The molecule has 2 N–H and O–H groups in total. The highest BCUT2D eigenvalue weighted by Gasteiger charge is 2.51. The summed E-state index contributed by atoms with van der Waals surface area (Å²) in [6.45, 7) is 0. The van der Waals surface area contributed by atoms with E-state index < -0.39 is 0 Å². The first-order valence-corrected chi connectivity index (χ1v) is 10.4. The van der Waals surface area contributed by atoms with Crippen molar-refractivity contribution < 1.29 is 9.59 Å². The van der Waals surface area contributed by atoms with Gasteiger partial charge in [0.1, 0.15) is 0 Å². The van der Waals surface area contributed by atoms with Crippen molar-refractivity contribution in [2.75, 3.05) is 0 Å². The minimum atomic E-state index is -0.227. The van der Waals surface area contributed by atoms with Crippen LogP contribution in [0, 0.1) is 23.2 Å². The number of nitrogens with one attached hydrogen (secondary N) is 2. The highest BCUT2D eigenvalue weighted by Crippen LogP contribution is 2.61. The van der Waals surface area contributed by atoms with Crippen molar-refractivity contribution in [1.82, 2.24) is 20.2 Å². The van der Waals surface area contributed by atoms with Crippen LogP contribution < -0.4 is 10.9 Å². The monoisotopic (exact) mass is 372 g/mol. The number of thiazole rings is 1. The smallest absolute Gasteiger partial charge is 0.244 e.